The van der Waals surface area contributed by atoms with Crippen molar-refractivity contribution in [1.29, 1.82) is 0 Å². The predicted molar refractivity (Wildman–Crippen MR) is 66.6 cm³/mol. The van der Waals surface area contributed by atoms with Crippen molar-refractivity contribution in [2.24, 2.45) is 0 Å². The molecular weight excluding hydrogens is 250 g/mol. The zero-order valence-electron chi connectivity index (χ0n) is 10.7. The van der Waals surface area contributed by atoms with Crippen LogP contribution in [0.5, 0.6) is 11.5 Å². The lowest BCUT2D eigenvalue weighted by molar-refractivity contribution is 0.0686. The highest BCUT2D eigenvalue weighted by Gasteiger charge is 2.19. The van der Waals surface area contributed by atoms with Gasteiger partial charge in [0.05, 0.1) is 7.11 Å². The van der Waals surface area contributed by atoms with Gasteiger partial charge in [-0.25, -0.2) is 4.79 Å². The zero-order valence-corrected chi connectivity index (χ0v) is 10.7. The van der Waals surface area contributed by atoms with Gasteiger partial charge in [-0.2, -0.15) is 0 Å². The average Bonchev–Trinajstić information content (AvgIpc) is 2.84. The average molecular weight is 263 g/mol. The minimum atomic E-state index is -1.16. The van der Waals surface area contributed by atoms with Gasteiger partial charge in [-0.05, 0) is 25.5 Å². The van der Waals surface area contributed by atoms with Crippen molar-refractivity contribution in [3.8, 4) is 22.8 Å². The summed E-state index contributed by atoms with van der Waals surface area (Å²) in [6.45, 7) is 3.46. The van der Waals surface area contributed by atoms with Gasteiger partial charge < -0.3 is 19.5 Å². The van der Waals surface area contributed by atoms with Gasteiger partial charge in [-0.3, -0.25) is 0 Å². The molecule has 0 saturated heterocycles. The van der Waals surface area contributed by atoms with E-state index in [4.69, 9.17) is 14.4 Å². The van der Waals surface area contributed by atoms with E-state index in [0.29, 0.717) is 28.2 Å². The SMILES string of the molecule is COc1c(C)c(-c2cc(C(=O)O)no2)cc(C)c1O. The van der Waals surface area contributed by atoms with Crippen LogP contribution in [0.4, 0.5) is 0 Å². The molecule has 2 N–H and O–H groups in total. The van der Waals surface area contributed by atoms with Gasteiger partial charge in [-0.1, -0.05) is 5.16 Å². The molecule has 19 heavy (non-hydrogen) atoms. The molecule has 2 rings (SSSR count). The maximum atomic E-state index is 10.8. The van der Waals surface area contributed by atoms with Crippen molar-refractivity contribution in [2.45, 2.75) is 13.8 Å². The second kappa shape index (κ2) is 4.64. The summed E-state index contributed by atoms with van der Waals surface area (Å²) in [5.74, 6) is -0.448. The highest BCUT2D eigenvalue weighted by atomic mass is 16.5. The first-order valence-corrected chi connectivity index (χ1v) is 5.53. The number of aromatic carboxylic acids is 1. The Hall–Kier alpha value is -2.50. The summed E-state index contributed by atoms with van der Waals surface area (Å²) in [4.78, 5) is 10.8. The molecule has 1 aromatic carbocycles. The number of hydrogen-bond donors (Lipinski definition) is 2. The van der Waals surface area contributed by atoms with Gasteiger partial charge >= 0.3 is 5.97 Å². The Morgan fingerprint density at radius 2 is 2.05 bits per heavy atom. The van der Waals surface area contributed by atoms with Crippen LogP contribution in [0.25, 0.3) is 11.3 Å². The normalized spacial score (nSPS) is 10.5. The Labute approximate surface area is 109 Å². The number of carboxylic acids is 1. The third-order valence-electron chi connectivity index (χ3n) is 2.89. The number of aryl methyl sites for hydroxylation is 1. The number of hydrogen-bond acceptors (Lipinski definition) is 5. The van der Waals surface area contributed by atoms with Crippen LogP contribution >= 0.6 is 0 Å². The minimum Gasteiger partial charge on any atom is -0.504 e. The van der Waals surface area contributed by atoms with Crippen molar-refractivity contribution in [2.75, 3.05) is 7.11 Å². The molecule has 0 spiro atoms. The molecule has 6 nitrogen and oxygen atoms in total. The van der Waals surface area contributed by atoms with Crippen LogP contribution < -0.4 is 4.74 Å². The fraction of sp³-hybridized carbons (Fsp3) is 0.231. The fourth-order valence-electron chi connectivity index (χ4n) is 1.88. The molecule has 0 aliphatic carbocycles. The first-order chi connectivity index (χ1) is 8.95. The number of aromatic nitrogens is 1. The van der Waals surface area contributed by atoms with Crippen LogP contribution in [-0.2, 0) is 0 Å². The molecule has 0 radical (unpaired) electrons. The number of nitrogens with zero attached hydrogens (tertiary/aromatic N) is 1. The number of phenolic OH excluding ortho intramolecular Hbond substituents is 1. The third-order valence-corrected chi connectivity index (χ3v) is 2.89. The lowest BCUT2D eigenvalue weighted by Gasteiger charge is -2.12. The molecule has 1 heterocycles. The molecule has 0 atom stereocenters. The molecule has 0 aliphatic rings. The number of methoxy groups -OCH3 is 1. The second-order valence-electron chi connectivity index (χ2n) is 4.13. The fourth-order valence-corrected chi connectivity index (χ4v) is 1.88. The van der Waals surface area contributed by atoms with Crippen LogP contribution in [0.15, 0.2) is 16.7 Å². The summed E-state index contributed by atoms with van der Waals surface area (Å²) in [6, 6.07) is 3.03. The van der Waals surface area contributed by atoms with Gasteiger partial charge in [0.15, 0.2) is 23.0 Å². The lowest BCUT2D eigenvalue weighted by atomic mass is 10.0. The van der Waals surface area contributed by atoms with E-state index in [-0.39, 0.29) is 11.4 Å². The molecule has 2 aromatic rings. The summed E-state index contributed by atoms with van der Waals surface area (Å²) in [7, 11) is 1.45. The zero-order chi connectivity index (χ0) is 14.2. The lowest BCUT2D eigenvalue weighted by Crippen LogP contribution is -1.95. The molecule has 0 amide bonds. The predicted octanol–water partition coefficient (Wildman–Crippen LogP) is 2.37. The number of carbonyl (C=O) groups is 1. The van der Waals surface area contributed by atoms with Gasteiger partial charge in [-0.15, -0.1) is 0 Å². The standard InChI is InChI=1S/C13H13NO5/c1-6-4-8(7(2)12(18-3)11(6)15)10-5-9(13(16)17)14-19-10/h4-5,15H,1-3H3,(H,16,17). The van der Waals surface area contributed by atoms with Crippen LogP contribution in [0.2, 0.25) is 0 Å². The Bertz CT molecular complexity index is 645. The topological polar surface area (TPSA) is 92.8 Å². The minimum absolute atomic E-state index is 0.0572. The summed E-state index contributed by atoms with van der Waals surface area (Å²) >= 11 is 0. The number of rotatable bonds is 3. The van der Waals surface area contributed by atoms with Gasteiger partial charge in [0.2, 0.25) is 0 Å². The third kappa shape index (κ3) is 2.12. The van der Waals surface area contributed by atoms with Gasteiger partial charge in [0.1, 0.15) is 0 Å². The number of ether oxygens (including phenoxy) is 1. The highest BCUT2D eigenvalue weighted by molar-refractivity contribution is 5.86. The van der Waals surface area contributed by atoms with E-state index in [1.165, 1.54) is 13.2 Å². The van der Waals surface area contributed by atoms with E-state index in [0.717, 1.165) is 0 Å². The molecule has 0 unspecified atom stereocenters. The van der Waals surface area contributed by atoms with Gasteiger partial charge in [0, 0.05) is 17.2 Å². The second-order valence-corrected chi connectivity index (χ2v) is 4.13. The van der Waals surface area contributed by atoms with E-state index in [9.17, 15) is 9.90 Å². The van der Waals surface area contributed by atoms with Crippen molar-refractivity contribution >= 4 is 5.97 Å². The first kappa shape index (κ1) is 12.9. The van der Waals surface area contributed by atoms with Crippen LogP contribution in [-0.4, -0.2) is 28.4 Å². The van der Waals surface area contributed by atoms with Crippen LogP contribution in [0, 0.1) is 13.8 Å². The van der Waals surface area contributed by atoms with E-state index in [2.05, 4.69) is 5.16 Å². The van der Waals surface area contributed by atoms with Crippen LogP contribution in [0.3, 0.4) is 0 Å². The quantitative estimate of drug-likeness (QED) is 0.883. The summed E-state index contributed by atoms with van der Waals surface area (Å²) < 4.78 is 10.2. The number of aromatic hydroxyl groups is 1. The molecule has 6 heteroatoms. The summed E-state index contributed by atoms with van der Waals surface area (Å²) in [5.41, 5.74) is 1.72. The van der Waals surface area contributed by atoms with Crippen molar-refractivity contribution in [3.63, 3.8) is 0 Å². The maximum Gasteiger partial charge on any atom is 0.358 e. The maximum absolute atomic E-state index is 10.8. The molecule has 0 aliphatic heterocycles. The summed E-state index contributed by atoms with van der Waals surface area (Å²) in [5, 5.41) is 22.2. The highest BCUT2D eigenvalue weighted by Crippen LogP contribution is 2.39. The van der Waals surface area contributed by atoms with Gasteiger partial charge in [0.25, 0.3) is 0 Å². The molecule has 0 saturated carbocycles. The number of carboxylic acid groups (broad SMARTS) is 1. The molecule has 100 valence electrons. The van der Waals surface area contributed by atoms with E-state index >= 15 is 0 Å². The van der Waals surface area contributed by atoms with Crippen molar-refractivity contribution < 1.29 is 24.3 Å². The smallest absolute Gasteiger partial charge is 0.358 e. The van der Waals surface area contributed by atoms with Crippen LogP contribution in [0.1, 0.15) is 21.6 Å². The van der Waals surface area contributed by atoms with E-state index in [1.54, 1.807) is 19.9 Å². The number of phenols is 1. The monoisotopic (exact) mass is 263 g/mol. The Kier molecular flexibility index (Phi) is 3.16. The Morgan fingerprint density at radius 3 is 2.58 bits per heavy atom. The molecule has 0 fully saturated rings. The molecule has 1 aromatic heterocycles. The van der Waals surface area contributed by atoms with Crippen molar-refractivity contribution in [1.82, 2.24) is 5.16 Å². The molecule has 0 bridgehead atoms. The Balaban J connectivity index is 2.61. The Morgan fingerprint density at radius 1 is 1.37 bits per heavy atom. The largest absolute Gasteiger partial charge is 0.504 e. The summed E-state index contributed by atoms with van der Waals surface area (Å²) in [6.07, 6.45) is 0. The molecular formula is C13H13NO5. The van der Waals surface area contributed by atoms with Crippen molar-refractivity contribution in [3.05, 3.63) is 29.0 Å². The number of benzene rings is 1. The van der Waals surface area contributed by atoms with E-state index in [1.807, 2.05) is 0 Å². The first-order valence-electron chi connectivity index (χ1n) is 5.53. The van der Waals surface area contributed by atoms with E-state index < -0.39 is 5.97 Å².